The zero-order valence-electron chi connectivity index (χ0n) is 14.3. The fraction of sp³-hybridized carbons (Fsp3) is 0.400. The average Bonchev–Trinajstić information content (AvgIpc) is 2.82. The van der Waals surface area contributed by atoms with Crippen molar-refractivity contribution in [3.05, 3.63) is 80.7 Å². The van der Waals surface area contributed by atoms with Crippen LogP contribution >= 0.6 is 0 Å². The van der Waals surface area contributed by atoms with Crippen molar-refractivity contribution >= 4 is 0 Å². The third-order valence-corrected chi connectivity index (χ3v) is 7.41. The highest BCUT2D eigenvalue weighted by Crippen LogP contribution is 2.72. The maximum absolute atomic E-state index is 12.9. The van der Waals surface area contributed by atoms with E-state index in [4.69, 9.17) is 0 Å². The number of benzene rings is 1. The van der Waals surface area contributed by atoms with Gasteiger partial charge in [-0.15, -0.1) is 0 Å². The second kappa shape index (κ2) is 3.66. The lowest BCUT2D eigenvalue weighted by Gasteiger charge is -2.71. The van der Waals surface area contributed by atoms with Crippen LogP contribution in [0.2, 0.25) is 0 Å². The standard InChI is InChI=1S/C20H19N3O2/c1-18-9-8-15(22-16(24)21(2)17(25)23(18)22)19-10-7-13-5-3-4-6-14(13)20(18,19)12-11-19/h3-6,8-9,11-12,15H,7,10H2,1-2H3/t15-,18-,19-,20-/m0/s1. The van der Waals surface area contributed by atoms with Gasteiger partial charge in [0.25, 0.3) is 0 Å². The highest BCUT2D eigenvalue weighted by atomic mass is 16.2. The first-order chi connectivity index (χ1) is 12.0. The molecule has 0 N–H and O–H groups in total. The summed E-state index contributed by atoms with van der Waals surface area (Å²) in [5.41, 5.74) is 1.28. The molecule has 25 heavy (non-hydrogen) atoms. The molecular weight excluding hydrogens is 314 g/mol. The van der Waals surface area contributed by atoms with Gasteiger partial charge in [-0.1, -0.05) is 48.6 Å². The quantitative estimate of drug-likeness (QED) is 0.688. The minimum Gasteiger partial charge on any atom is -0.246 e. The number of aryl methyl sites for hydroxylation is 1. The van der Waals surface area contributed by atoms with Gasteiger partial charge in [0.05, 0.1) is 17.0 Å². The van der Waals surface area contributed by atoms with Gasteiger partial charge in [0.2, 0.25) is 0 Å². The maximum Gasteiger partial charge on any atom is 0.347 e. The molecule has 3 aliphatic carbocycles. The van der Waals surface area contributed by atoms with Crippen molar-refractivity contribution in [1.82, 2.24) is 13.9 Å². The Kier molecular flexibility index (Phi) is 2.01. The van der Waals surface area contributed by atoms with Crippen molar-refractivity contribution < 1.29 is 0 Å². The minimum atomic E-state index is -0.579. The highest BCUT2D eigenvalue weighted by molar-refractivity contribution is 5.59. The normalized spacial score (nSPS) is 38.6. The molecule has 0 unspecified atom stereocenters. The summed E-state index contributed by atoms with van der Waals surface area (Å²) in [6.07, 6.45) is 10.9. The third-order valence-electron chi connectivity index (χ3n) is 7.41. The number of rotatable bonds is 0. The molecule has 3 heterocycles. The van der Waals surface area contributed by atoms with Crippen molar-refractivity contribution in [2.45, 2.75) is 36.8 Å². The second-order valence-corrected chi connectivity index (χ2v) is 8.07. The van der Waals surface area contributed by atoms with Crippen LogP contribution in [0.5, 0.6) is 0 Å². The van der Waals surface area contributed by atoms with Gasteiger partial charge in [-0.25, -0.2) is 23.5 Å². The summed E-state index contributed by atoms with van der Waals surface area (Å²) in [7, 11) is 1.58. The van der Waals surface area contributed by atoms with Crippen molar-refractivity contribution in [2.24, 2.45) is 12.5 Å². The molecule has 1 aromatic heterocycles. The lowest BCUT2D eigenvalue weighted by molar-refractivity contribution is -0.0557. The zero-order chi connectivity index (χ0) is 17.2. The van der Waals surface area contributed by atoms with E-state index in [0.717, 1.165) is 12.8 Å². The molecule has 126 valence electrons. The third kappa shape index (κ3) is 1.06. The summed E-state index contributed by atoms with van der Waals surface area (Å²) in [5.74, 6) is 0. The smallest absolute Gasteiger partial charge is 0.246 e. The summed E-state index contributed by atoms with van der Waals surface area (Å²) in [4.78, 5) is 25.7. The summed E-state index contributed by atoms with van der Waals surface area (Å²) >= 11 is 0. The van der Waals surface area contributed by atoms with Crippen molar-refractivity contribution in [3.8, 4) is 0 Å². The van der Waals surface area contributed by atoms with E-state index in [9.17, 15) is 9.59 Å². The predicted octanol–water partition coefficient (Wildman–Crippen LogP) is 1.63. The van der Waals surface area contributed by atoms with Gasteiger partial charge in [0, 0.05) is 12.5 Å². The van der Waals surface area contributed by atoms with Crippen LogP contribution in [0.4, 0.5) is 0 Å². The van der Waals surface area contributed by atoms with Crippen LogP contribution in [0.3, 0.4) is 0 Å². The van der Waals surface area contributed by atoms with Gasteiger partial charge in [0.1, 0.15) is 0 Å². The molecular formula is C20H19N3O2. The molecule has 2 bridgehead atoms. The first-order valence-electron chi connectivity index (χ1n) is 8.87. The molecule has 7 rings (SSSR count). The van der Waals surface area contributed by atoms with E-state index >= 15 is 0 Å². The fourth-order valence-corrected chi connectivity index (χ4v) is 6.28. The van der Waals surface area contributed by atoms with Crippen molar-refractivity contribution in [3.63, 3.8) is 0 Å². The lowest BCUT2D eigenvalue weighted by Crippen LogP contribution is -2.74. The number of nitrogens with zero attached hydrogens (tertiary/aromatic N) is 3. The summed E-state index contributed by atoms with van der Waals surface area (Å²) in [6.45, 7) is 2.11. The molecule has 0 spiro atoms. The lowest BCUT2D eigenvalue weighted by atomic mass is 9.37. The summed E-state index contributed by atoms with van der Waals surface area (Å²) in [6, 6.07) is 8.49. The Balaban J connectivity index is 1.82. The Bertz CT molecular complexity index is 1150. The molecule has 4 atom stereocenters. The molecule has 0 saturated carbocycles. The number of hydrogen-bond acceptors (Lipinski definition) is 2. The first-order valence-corrected chi connectivity index (χ1v) is 8.87. The second-order valence-electron chi connectivity index (χ2n) is 8.07. The van der Waals surface area contributed by atoms with E-state index < -0.39 is 5.54 Å². The Morgan fingerprint density at radius 2 is 1.88 bits per heavy atom. The van der Waals surface area contributed by atoms with Crippen LogP contribution in [0.25, 0.3) is 0 Å². The number of aromatic nitrogens is 3. The van der Waals surface area contributed by atoms with E-state index in [-0.39, 0.29) is 28.3 Å². The Labute approximate surface area is 144 Å². The van der Waals surface area contributed by atoms with E-state index in [1.54, 1.807) is 16.4 Å². The maximum atomic E-state index is 12.9. The van der Waals surface area contributed by atoms with Gasteiger partial charge < -0.3 is 0 Å². The molecule has 5 nitrogen and oxygen atoms in total. The largest absolute Gasteiger partial charge is 0.347 e. The molecule has 0 fully saturated rings. The Morgan fingerprint density at radius 3 is 2.64 bits per heavy atom. The molecule has 0 amide bonds. The van der Waals surface area contributed by atoms with E-state index in [2.05, 4.69) is 55.5 Å². The molecule has 2 aliphatic heterocycles. The van der Waals surface area contributed by atoms with E-state index in [0.29, 0.717) is 0 Å². The van der Waals surface area contributed by atoms with Gasteiger partial charge in [-0.3, -0.25) is 0 Å². The van der Waals surface area contributed by atoms with Crippen LogP contribution in [0.15, 0.2) is 58.2 Å². The van der Waals surface area contributed by atoms with Crippen LogP contribution in [-0.2, 0) is 24.4 Å². The van der Waals surface area contributed by atoms with Crippen LogP contribution in [0, 0.1) is 5.41 Å². The molecule has 1 aromatic carbocycles. The van der Waals surface area contributed by atoms with Gasteiger partial charge in [-0.2, -0.15) is 0 Å². The summed E-state index contributed by atoms with van der Waals surface area (Å²) in [5, 5.41) is 0. The topological polar surface area (TPSA) is 48.9 Å². The molecule has 2 aromatic rings. The number of allylic oxidation sites excluding steroid dienone is 4. The molecule has 5 aliphatic rings. The average molecular weight is 333 g/mol. The molecule has 5 heteroatoms. The van der Waals surface area contributed by atoms with Crippen molar-refractivity contribution in [1.29, 1.82) is 0 Å². The molecule has 0 radical (unpaired) electrons. The van der Waals surface area contributed by atoms with Crippen molar-refractivity contribution in [2.75, 3.05) is 0 Å². The Morgan fingerprint density at radius 1 is 1.08 bits per heavy atom. The van der Waals surface area contributed by atoms with Gasteiger partial charge in [0.15, 0.2) is 0 Å². The zero-order valence-corrected chi connectivity index (χ0v) is 14.3. The Hall–Kier alpha value is -2.56. The number of fused-ring (bicyclic) bond motifs is 1. The predicted molar refractivity (Wildman–Crippen MR) is 93.8 cm³/mol. The monoisotopic (exact) mass is 333 g/mol. The van der Waals surface area contributed by atoms with Crippen LogP contribution in [0.1, 0.15) is 30.5 Å². The first kappa shape index (κ1) is 13.7. The van der Waals surface area contributed by atoms with Gasteiger partial charge >= 0.3 is 11.4 Å². The van der Waals surface area contributed by atoms with Crippen LogP contribution < -0.4 is 11.4 Å². The van der Waals surface area contributed by atoms with Gasteiger partial charge in [-0.05, 0) is 30.9 Å². The highest BCUT2D eigenvalue weighted by Gasteiger charge is 2.74. The minimum absolute atomic E-state index is 0.103. The van der Waals surface area contributed by atoms with E-state index in [1.807, 2.05) is 0 Å². The SMILES string of the molecule is Cn1c(=O)n2n(c1=O)[C@@]1(C)C=C[C@H]2[C@]23C=C[C@@]21c1ccccc1CC3. The van der Waals surface area contributed by atoms with Crippen LogP contribution in [-0.4, -0.2) is 13.9 Å². The van der Waals surface area contributed by atoms with E-state index in [1.165, 1.54) is 15.7 Å². The molecule has 0 saturated heterocycles. The fourth-order valence-electron chi connectivity index (χ4n) is 6.28. The number of hydrogen-bond donors (Lipinski definition) is 0. The summed E-state index contributed by atoms with van der Waals surface area (Å²) < 4.78 is 4.66.